The van der Waals surface area contributed by atoms with E-state index >= 15 is 0 Å². The van der Waals surface area contributed by atoms with E-state index in [-0.39, 0.29) is 17.4 Å². The van der Waals surface area contributed by atoms with Gasteiger partial charge in [-0.15, -0.1) is 0 Å². The van der Waals surface area contributed by atoms with Crippen molar-refractivity contribution in [1.29, 1.82) is 0 Å². The second-order valence-corrected chi connectivity index (χ2v) is 7.46. The molecule has 1 aromatic heterocycles. The zero-order valence-electron chi connectivity index (χ0n) is 15.6. The first-order valence-electron chi connectivity index (χ1n) is 9.40. The minimum atomic E-state index is -0.676. The lowest BCUT2D eigenvalue weighted by Crippen LogP contribution is -2.37. The normalized spacial score (nSPS) is 22.7. The van der Waals surface area contributed by atoms with Crippen LogP contribution in [0.4, 0.5) is 0 Å². The van der Waals surface area contributed by atoms with E-state index in [4.69, 9.17) is 4.42 Å². The minimum Gasteiger partial charge on any atom is -0.507 e. The molecule has 2 aromatic rings. The smallest absolute Gasteiger partial charge is 0.296 e. The molecule has 27 heavy (non-hydrogen) atoms. The largest absolute Gasteiger partial charge is 0.507 e. The number of nitrogens with zero attached hydrogens (tertiary/aromatic N) is 1. The third-order valence-electron chi connectivity index (χ3n) is 5.79. The van der Waals surface area contributed by atoms with Gasteiger partial charge in [-0.2, -0.15) is 0 Å². The molecule has 0 bridgehead atoms. The van der Waals surface area contributed by atoms with Gasteiger partial charge in [-0.05, 0) is 56.0 Å². The molecule has 0 spiro atoms. The minimum absolute atomic E-state index is 0.00149. The standard InChI is InChI=1S/C22H23NO4/c1-13-9-10-15(12-14(13)2)20(24)18-19(17-8-5-11-27-17)23(22(26)21(18)25)16-6-3-4-7-16/h5,8-12,16,19,24H,3-4,6-7H2,1-2H3/b20-18-. The van der Waals surface area contributed by atoms with E-state index in [2.05, 4.69) is 0 Å². The van der Waals surface area contributed by atoms with Crippen molar-refractivity contribution in [1.82, 2.24) is 4.90 Å². The monoisotopic (exact) mass is 365 g/mol. The molecule has 1 unspecified atom stereocenters. The van der Waals surface area contributed by atoms with Gasteiger partial charge in [0.05, 0.1) is 11.8 Å². The Bertz CT molecular complexity index is 920. The van der Waals surface area contributed by atoms with E-state index in [9.17, 15) is 14.7 Å². The summed E-state index contributed by atoms with van der Waals surface area (Å²) in [5, 5.41) is 11.0. The van der Waals surface area contributed by atoms with Crippen LogP contribution in [0.1, 0.15) is 54.2 Å². The number of rotatable bonds is 3. The summed E-state index contributed by atoms with van der Waals surface area (Å²) in [6.07, 6.45) is 5.34. The van der Waals surface area contributed by atoms with Gasteiger partial charge in [-0.25, -0.2) is 0 Å². The van der Waals surface area contributed by atoms with E-state index in [1.807, 2.05) is 26.0 Å². The molecule has 1 N–H and O–H groups in total. The van der Waals surface area contributed by atoms with Gasteiger partial charge in [0.2, 0.25) is 0 Å². The Balaban J connectivity index is 1.87. The van der Waals surface area contributed by atoms with Crippen molar-refractivity contribution in [2.45, 2.75) is 51.6 Å². The SMILES string of the molecule is Cc1ccc(/C(O)=C2/C(=O)C(=O)N(C3CCCC3)C2c2ccco2)cc1C. The molecule has 2 aliphatic rings. The molecular weight excluding hydrogens is 342 g/mol. The summed E-state index contributed by atoms with van der Waals surface area (Å²) in [6, 6.07) is 8.34. The lowest BCUT2D eigenvalue weighted by atomic mass is 9.97. The highest BCUT2D eigenvalue weighted by Crippen LogP contribution is 2.43. The molecule has 1 saturated carbocycles. The third-order valence-corrected chi connectivity index (χ3v) is 5.79. The average Bonchev–Trinajstić information content (AvgIpc) is 3.39. The number of furan rings is 1. The molecular formula is C22H23NO4. The van der Waals surface area contributed by atoms with Crippen LogP contribution < -0.4 is 0 Å². The number of carbonyl (C=O) groups is 2. The maximum Gasteiger partial charge on any atom is 0.296 e. The summed E-state index contributed by atoms with van der Waals surface area (Å²) in [7, 11) is 0. The number of likely N-dealkylation sites (tertiary alicyclic amines) is 1. The van der Waals surface area contributed by atoms with E-state index < -0.39 is 17.7 Å². The lowest BCUT2D eigenvalue weighted by Gasteiger charge is -2.29. The molecule has 2 fully saturated rings. The number of aliphatic hydroxyl groups is 1. The number of carbonyl (C=O) groups excluding carboxylic acids is 2. The number of Topliss-reactive ketones (excluding diaryl/α,β-unsaturated/α-hetero) is 1. The van der Waals surface area contributed by atoms with Crippen molar-refractivity contribution in [3.05, 3.63) is 64.6 Å². The van der Waals surface area contributed by atoms with Crippen molar-refractivity contribution in [3.63, 3.8) is 0 Å². The number of aliphatic hydroxyl groups excluding tert-OH is 1. The van der Waals surface area contributed by atoms with Gasteiger partial charge in [-0.1, -0.05) is 25.0 Å². The van der Waals surface area contributed by atoms with Gasteiger partial charge in [0.1, 0.15) is 17.6 Å². The van der Waals surface area contributed by atoms with Crippen LogP contribution in [0.15, 0.2) is 46.6 Å². The molecule has 1 aromatic carbocycles. The van der Waals surface area contributed by atoms with Gasteiger partial charge in [-0.3, -0.25) is 9.59 Å². The highest BCUT2D eigenvalue weighted by molar-refractivity contribution is 6.46. The van der Waals surface area contributed by atoms with Crippen molar-refractivity contribution in [2.75, 3.05) is 0 Å². The fourth-order valence-corrected chi connectivity index (χ4v) is 4.18. The number of hydrogen-bond donors (Lipinski definition) is 1. The Morgan fingerprint density at radius 2 is 1.85 bits per heavy atom. The molecule has 4 rings (SSSR count). The summed E-state index contributed by atoms with van der Waals surface area (Å²) in [5.41, 5.74) is 2.77. The highest BCUT2D eigenvalue weighted by Gasteiger charge is 2.50. The molecule has 1 aliphatic carbocycles. The predicted octanol–water partition coefficient (Wildman–Crippen LogP) is 4.26. The Morgan fingerprint density at radius 3 is 2.48 bits per heavy atom. The number of benzene rings is 1. The van der Waals surface area contributed by atoms with Gasteiger partial charge in [0.25, 0.3) is 11.7 Å². The number of amides is 1. The molecule has 140 valence electrons. The van der Waals surface area contributed by atoms with Gasteiger partial charge in [0, 0.05) is 11.6 Å². The second kappa shape index (κ2) is 6.72. The van der Waals surface area contributed by atoms with E-state index in [1.54, 1.807) is 23.1 Å². The van der Waals surface area contributed by atoms with Crippen LogP contribution in [-0.4, -0.2) is 27.7 Å². The van der Waals surface area contributed by atoms with Crippen LogP contribution in [0.2, 0.25) is 0 Å². The van der Waals surface area contributed by atoms with Crippen molar-refractivity contribution in [2.24, 2.45) is 0 Å². The maximum atomic E-state index is 12.9. The third kappa shape index (κ3) is 2.87. The van der Waals surface area contributed by atoms with Crippen LogP contribution in [-0.2, 0) is 9.59 Å². The highest BCUT2D eigenvalue weighted by atomic mass is 16.3. The number of ketones is 1. The van der Waals surface area contributed by atoms with Gasteiger partial charge >= 0.3 is 0 Å². The summed E-state index contributed by atoms with van der Waals surface area (Å²) in [6.45, 7) is 3.94. The topological polar surface area (TPSA) is 70.8 Å². The molecule has 5 heteroatoms. The fourth-order valence-electron chi connectivity index (χ4n) is 4.18. The molecule has 1 saturated heterocycles. The zero-order chi connectivity index (χ0) is 19.1. The van der Waals surface area contributed by atoms with E-state index in [0.717, 1.165) is 36.8 Å². The first-order valence-corrected chi connectivity index (χ1v) is 9.40. The first kappa shape index (κ1) is 17.6. The second-order valence-electron chi connectivity index (χ2n) is 7.46. The summed E-state index contributed by atoms with van der Waals surface area (Å²) in [4.78, 5) is 27.4. The lowest BCUT2D eigenvalue weighted by molar-refractivity contribution is -0.141. The summed E-state index contributed by atoms with van der Waals surface area (Å²) in [5.74, 6) is -0.822. The molecule has 1 atom stereocenters. The van der Waals surface area contributed by atoms with E-state index in [0.29, 0.717) is 11.3 Å². The van der Waals surface area contributed by atoms with Crippen LogP contribution in [0.25, 0.3) is 5.76 Å². The van der Waals surface area contributed by atoms with Crippen LogP contribution in [0, 0.1) is 13.8 Å². The maximum absolute atomic E-state index is 12.9. The van der Waals surface area contributed by atoms with Gasteiger partial charge < -0.3 is 14.4 Å². The van der Waals surface area contributed by atoms with Crippen LogP contribution in [0.3, 0.4) is 0 Å². The average molecular weight is 365 g/mol. The molecule has 2 heterocycles. The Hall–Kier alpha value is -2.82. The Kier molecular flexibility index (Phi) is 4.38. The molecule has 1 aliphatic heterocycles. The van der Waals surface area contributed by atoms with Gasteiger partial charge in [0.15, 0.2) is 0 Å². The Labute approximate surface area is 158 Å². The molecule has 1 amide bonds. The first-order chi connectivity index (χ1) is 13.0. The molecule has 0 radical (unpaired) electrons. The van der Waals surface area contributed by atoms with E-state index in [1.165, 1.54) is 6.26 Å². The van der Waals surface area contributed by atoms with Crippen molar-refractivity contribution >= 4 is 17.4 Å². The summed E-state index contributed by atoms with van der Waals surface area (Å²) >= 11 is 0. The van der Waals surface area contributed by atoms with Crippen molar-refractivity contribution < 1.29 is 19.1 Å². The van der Waals surface area contributed by atoms with Crippen molar-refractivity contribution in [3.8, 4) is 0 Å². The van der Waals surface area contributed by atoms with Crippen LogP contribution in [0.5, 0.6) is 0 Å². The number of hydrogen-bond acceptors (Lipinski definition) is 4. The molecule has 5 nitrogen and oxygen atoms in total. The Morgan fingerprint density at radius 1 is 1.11 bits per heavy atom. The quantitative estimate of drug-likeness (QED) is 0.501. The fraction of sp³-hybridized carbons (Fsp3) is 0.364. The predicted molar refractivity (Wildman–Crippen MR) is 101 cm³/mol. The number of aryl methyl sites for hydroxylation is 2. The zero-order valence-corrected chi connectivity index (χ0v) is 15.6. The van der Waals surface area contributed by atoms with Crippen LogP contribution >= 0.6 is 0 Å². The summed E-state index contributed by atoms with van der Waals surface area (Å²) < 4.78 is 5.57.